The van der Waals surface area contributed by atoms with Crippen LogP contribution in [0, 0.1) is 0 Å². The average molecular weight is 185 g/mol. The standard InChI is InChI=1S/C6H11N5S/c1-4(9-6(7)8-2)5-3-12-11-10-5/h3-4H,1-2H3,(H3,7,8,9). The van der Waals surface area contributed by atoms with Crippen molar-refractivity contribution in [1.29, 1.82) is 0 Å². The summed E-state index contributed by atoms with van der Waals surface area (Å²) in [5.74, 6) is 0.413. The monoisotopic (exact) mass is 185 g/mol. The van der Waals surface area contributed by atoms with Crippen LogP contribution in [0.1, 0.15) is 18.7 Å². The van der Waals surface area contributed by atoms with Crippen LogP contribution < -0.4 is 11.1 Å². The van der Waals surface area contributed by atoms with Gasteiger partial charge in [0.1, 0.15) is 0 Å². The average Bonchev–Trinajstić information content (AvgIpc) is 2.56. The van der Waals surface area contributed by atoms with Gasteiger partial charge in [0.05, 0.1) is 11.7 Å². The van der Waals surface area contributed by atoms with Crippen LogP contribution in [-0.2, 0) is 0 Å². The lowest BCUT2D eigenvalue weighted by Gasteiger charge is -2.10. The highest BCUT2D eigenvalue weighted by Gasteiger charge is 2.07. The summed E-state index contributed by atoms with van der Waals surface area (Å²) in [5, 5.41) is 8.74. The van der Waals surface area contributed by atoms with Crippen LogP contribution in [0.2, 0.25) is 0 Å². The van der Waals surface area contributed by atoms with Crippen molar-refractivity contribution in [2.45, 2.75) is 13.0 Å². The van der Waals surface area contributed by atoms with Crippen LogP contribution >= 0.6 is 11.5 Å². The third-order valence-electron chi connectivity index (χ3n) is 1.43. The minimum absolute atomic E-state index is 0.0625. The molecule has 3 N–H and O–H groups in total. The first-order valence-corrected chi connectivity index (χ1v) is 4.33. The van der Waals surface area contributed by atoms with E-state index in [2.05, 4.69) is 19.9 Å². The predicted molar refractivity (Wildman–Crippen MR) is 49.0 cm³/mol. The lowest BCUT2D eigenvalue weighted by atomic mass is 10.3. The number of nitrogens with one attached hydrogen (secondary N) is 1. The minimum atomic E-state index is 0.0625. The lowest BCUT2D eigenvalue weighted by Crippen LogP contribution is -2.33. The second-order valence-electron chi connectivity index (χ2n) is 2.30. The Morgan fingerprint density at radius 2 is 2.58 bits per heavy atom. The van der Waals surface area contributed by atoms with Gasteiger partial charge in [0.25, 0.3) is 0 Å². The molecule has 0 aliphatic carbocycles. The predicted octanol–water partition coefficient (Wildman–Crippen LogP) is 0.133. The minimum Gasteiger partial charge on any atom is -0.370 e. The third kappa shape index (κ3) is 2.16. The van der Waals surface area contributed by atoms with Gasteiger partial charge >= 0.3 is 0 Å². The van der Waals surface area contributed by atoms with Crippen molar-refractivity contribution in [1.82, 2.24) is 14.9 Å². The number of nitrogens with zero attached hydrogens (tertiary/aromatic N) is 3. The molecule has 66 valence electrons. The molecule has 0 aliphatic rings. The molecule has 6 heteroatoms. The molecular formula is C6H11N5S. The molecule has 1 rings (SSSR count). The number of hydrogen-bond donors (Lipinski definition) is 2. The highest BCUT2D eigenvalue weighted by atomic mass is 32.1. The smallest absolute Gasteiger partial charge is 0.188 e. The maximum Gasteiger partial charge on any atom is 0.188 e. The van der Waals surface area contributed by atoms with E-state index in [9.17, 15) is 0 Å². The Kier molecular flexibility index (Phi) is 2.98. The molecule has 0 spiro atoms. The van der Waals surface area contributed by atoms with Gasteiger partial charge in [-0.25, -0.2) is 0 Å². The van der Waals surface area contributed by atoms with E-state index >= 15 is 0 Å². The molecule has 0 radical (unpaired) electrons. The lowest BCUT2D eigenvalue weighted by molar-refractivity contribution is 0.682. The first kappa shape index (κ1) is 8.92. The molecule has 1 aromatic rings. The molecular weight excluding hydrogens is 174 g/mol. The number of hydrogen-bond acceptors (Lipinski definition) is 4. The summed E-state index contributed by atoms with van der Waals surface area (Å²) in [4.78, 5) is 3.78. The van der Waals surface area contributed by atoms with E-state index in [4.69, 9.17) is 5.73 Å². The second kappa shape index (κ2) is 4.01. The molecule has 0 saturated heterocycles. The molecule has 12 heavy (non-hydrogen) atoms. The highest BCUT2D eigenvalue weighted by molar-refractivity contribution is 7.03. The van der Waals surface area contributed by atoms with Crippen molar-refractivity contribution in [2.75, 3.05) is 7.05 Å². The van der Waals surface area contributed by atoms with E-state index < -0.39 is 0 Å². The van der Waals surface area contributed by atoms with Crippen molar-refractivity contribution in [3.05, 3.63) is 11.1 Å². The fourth-order valence-corrected chi connectivity index (χ4v) is 1.27. The molecule has 0 amide bonds. The maximum atomic E-state index is 5.47. The first-order valence-electron chi connectivity index (χ1n) is 3.49. The normalized spacial score (nSPS) is 14.3. The largest absolute Gasteiger partial charge is 0.370 e. The fraction of sp³-hybridized carbons (Fsp3) is 0.500. The SMILES string of the molecule is CN=C(N)NC(C)c1csnn1. The molecule has 1 atom stereocenters. The van der Waals surface area contributed by atoms with E-state index in [0.717, 1.165) is 5.69 Å². The van der Waals surface area contributed by atoms with Gasteiger partial charge in [-0.15, -0.1) is 5.10 Å². The Balaban J connectivity index is 2.55. The van der Waals surface area contributed by atoms with Gasteiger partial charge in [-0.2, -0.15) is 0 Å². The Labute approximate surface area is 74.9 Å². The molecule has 1 unspecified atom stereocenters. The number of aromatic nitrogens is 2. The molecule has 0 fully saturated rings. The Morgan fingerprint density at radius 1 is 1.83 bits per heavy atom. The molecule has 0 bridgehead atoms. The maximum absolute atomic E-state index is 5.47. The zero-order valence-electron chi connectivity index (χ0n) is 6.98. The molecule has 0 saturated carbocycles. The number of nitrogens with two attached hydrogens (primary N) is 1. The van der Waals surface area contributed by atoms with Crippen LogP contribution in [0.4, 0.5) is 0 Å². The van der Waals surface area contributed by atoms with E-state index in [1.807, 2.05) is 12.3 Å². The van der Waals surface area contributed by atoms with Crippen molar-refractivity contribution in [2.24, 2.45) is 10.7 Å². The highest BCUT2D eigenvalue weighted by Crippen LogP contribution is 2.08. The van der Waals surface area contributed by atoms with Crippen molar-refractivity contribution in [3.63, 3.8) is 0 Å². The van der Waals surface area contributed by atoms with Gasteiger partial charge in [0, 0.05) is 12.4 Å². The second-order valence-corrected chi connectivity index (χ2v) is 2.91. The summed E-state index contributed by atoms with van der Waals surface area (Å²) in [5.41, 5.74) is 6.36. The number of rotatable bonds is 2. The zero-order valence-corrected chi connectivity index (χ0v) is 7.80. The summed E-state index contributed by atoms with van der Waals surface area (Å²) < 4.78 is 3.75. The quantitative estimate of drug-likeness (QED) is 0.507. The van der Waals surface area contributed by atoms with Gasteiger partial charge in [0.2, 0.25) is 0 Å². The van der Waals surface area contributed by atoms with Crippen LogP contribution in [0.25, 0.3) is 0 Å². The van der Waals surface area contributed by atoms with Crippen molar-refractivity contribution >= 4 is 17.5 Å². The van der Waals surface area contributed by atoms with Gasteiger partial charge < -0.3 is 11.1 Å². The summed E-state index contributed by atoms with van der Waals surface area (Å²) in [6, 6.07) is 0.0625. The van der Waals surface area contributed by atoms with Gasteiger partial charge in [-0.3, -0.25) is 4.99 Å². The van der Waals surface area contributed by atoms with E-state index in [-0.39, 0.29) is 6.04 Å². The fourth-order valence-electron chi connectivity index (χ4n) is 0.721. The van der Waals surface area contributed by atoms with Crippen molar-refractivity contribution < 1.29 is 0 Å². The van der Waals surface area contributed by atoms with E-state index in [0.29, 0.717) is 5.96 Å². The van der Waals surface area contributed by atoms with E-state index in [1.165, 1.54) is 11.5 Å². The van der Waals surface area contributed by atoms with Crippen LogP contribution in [0.15, 0.2) is 10.4 Å². The number of aliphatic imine (C=N–C) groups is 1. The summed E-state index contributed by atoms with van der Waals surface area (Å²) >= 11 is 1.32. The molecule has 0 aliphatic heterocycles. The van der Waals surface area contributed by atoms with Crippen LogP contribution in [0.3, 0.4) is 0 Å². The topological polar surface area (TPSA) is 76.2 Å². The van der Waals surface area contributed by atoms with Crippen LogP contribution in [0.5, 0.6) is 0 Å². The molecule has 5 nitrogen and oxygen atoms in total. The first-order chi connectivity index (χ1) is 5.74. The summed E-state index contributed by atoms with van der Waals surface area (Å²) in [6.45, 7) is 1.95. The Morgan fingerprint density at radius 3 is 3.08 bits per heavy atom. The molecule has 1 heterocycles. The molecule has 1 aromatic heterocycles. The third-order valence-corrected chi connectivity index (χ3v) is 1.95. The Hall–Kier alpha value is -1.17. The summed E-state index contributed by atoms with van der Waals surface area (Å²) in [7, 11) is 1.63. The van der Waals surface area contributed by atoms with Gasteiger partial charge in [0.15, 0.2) is 5.96 Å². The van der Waals surface area contributed by atoms with Crippen molar-refractivity contribution in [3.8, 4) is 0 Å². The van der Waals surface area contributed by atoms with Gasteiger partial charge in [-0.05, 0) is 18.5 Å². The number of guanidine groups is 1. The van der Waals surface area contributed by atoms with E-state index in [1.54, 1.807) is 7.05 Å². The van der Waals surface area contributed by atoms with Gasteiger partial charge in [-0.1, -0.05) is 4.49 Å². The van der Waals surface area contributed by atoms with Crippen LogP contribution in [-0.4, -0.2) is 22.6 Å². The summed E-state index contributed by atoms with van der Waals surface area (Å²) in [6.07, 6.45) is 0. The Bertz CT molecular complexity index is 255. The zero-order chi connectivity index (χ0) is 8.97. The molecule has 0 aromatic carbocycles.